The van der Waals surface area contributed by atoms with Crippen LogP contribution in [0.4, 0.5) is 0 Å². The summed E-state index contributed by atoms with van der Waals surface area (Å²) in [6.45, 7) is 5.23. The van der Waals surface area contributed by atoms with Crippen LogP contribution in [0.5, 0.6) is 0 Å². The molecule has 29 heavy (non-hydrogen) atoms. The van der Waals surface area contributed by atoms with E-state index in [4.69, 9.17) is 0 Å². The van der Waals surface area contributed by atoms with Crippen molar-refractivity contribution in [2.24, 2.45) is 11.0 Å². The highest BCUT2D eigenvalue weighted by Crippen LogP contribution is 2.21. The first-order valence-electron chi connectivity index (χ1n) is 9.90. The largest absolute Gasteiger partial charge is 0.271 e. The summed E-state index contributed by atoms with van der Waals surface area (Å²) in [5, 5.41) is 4.34. The molecule has 0 aliphatic carbocycles. The Hall–Kier alpha value is -2.51. The minimum Gasteiger partial charge on any atom is -0.267 e. The van der Waals surface area contributed by atoms with Crippen molar-refractivity contribution in [1.29, 1.82) is 0 Å². The lowest BCUT2D eigenvalue weighted by Crippen LogP contribution is -2.28. The molecule has 7 heteroatoms. The summed E-state index contributed by atoms with van der Waals surface area (Å²) in [6, 6.07) is 15.8. The molecule has 0 unspecified atom stereocenters. The summed E-state index contributed by atoms with van der Waals surface area (Å²) in [5.41, 5.74) is 4.60. The minimum absolute atomic E-state index is 0.140. The van der Waals surface area contributed by atoms with E-state index in [0.29, 0.717) is 25.4 Å². The number of nitrogens with zero attached hydrogens (tertiary/aromatic N) is 2. The van der Waals surface area contributed by atoms with E-state index in [1.807, 2.05) is 30.3 Å². The van der Waals surface area contributed by atoms with Gasteiger partial charge in [-0.2, -0.15) is 9.41 Å². The van der Waals surface area contributed by atoms with Crippen LogP contribution in [0.2, 0.25) is 0 Å². The maximum absolute atomic E-state index is 12.7. The van der Waals surface area contributed by atoms with E-state index in [2.05, 4.69) is 24.4 Å². The standard InChI is InChI=1S/C22H27N3O3S/c1-17(2)15-21(18-9-4-3-5-10-18)23-24-22(26)19-11-8-12-20(16-19)29(27,28)25-13-6-7-14-25/h3-5,8-12,16-17H,6-7,13-15H2,1-2H3,(H,24,26)/b23-21-. The highest BCUT2D eigenvalue weighted by molar-refractivity contribution is 7.89. The summed E-state index contributed by atoms with van der Waals surface area (Å²) < 4.78 is 27.0. The maximum atomic E-state index is 12.7. The van der Waals surface area contributed by atoms with E-state index in [-0.39, 0.29) is 10.5 Å². The van der Waals surface area contributed by atoms with Crippen LogP contribution in [-0.2, 0) is 10.0 Å². The molecule has 0 saturated carbocycles. The molecule has 1 heterocycles. The van der Waals surface area contributed by atoms with E-state index in [9.17, 15) is 13.2 Å². The minimum atomic E-state index is -3.57. The van der Waals surface area contributed by atoms with Gasteiger partial charge in [-0.05, 0) is 48.9 Å². The number of hydrogen-bond acceptors (Lipinski definition) is 4. The summed E-state index contributed by atoms with van der Waals surface area (Å²) >= 11 is 0. The summed E-state index contributed by atoms with van der Waals surface area (Å²) in [6.07, 6.45) is 2.45. The molecular weight excluding hydrogens is 386 g/mol. The van der Waals surface area contributed by atoms with E-state index in [1.54, 1.807) is 12.1 Å². The summed E-state index contributed by atoms with van der Waals surface area (Å²) in [4.78, 5) is 12.8. The lowest BCUT2D eigenvalue weighted by atomic mass is 10.0. The average Bonchev–Trinajstić information content (AvgIpc) is 3.27. The smallest absolute Gasteiger partial charge is 0.267 e. The van der Waals surface area contributed by atoms with Crippen molar-refractivity contribution >= 4 is 21.6 Å². The Balaban J connectivity index is 1.80. The normalized spacial score (nSPS) is 15.6. The fourth-order valence-electron chi connectivity index (χ4n) is 3.30. The Morgan fingerprint density at radius 1 is 1.03 bits per heavy atom. The van der Waals surface area contributed by atoms with Crippen LogP contribution >= 0.6 is 0 Å². The van der Waals surface area contributed by atoms with Crippen molar-refractivity contribution in [1.82, 2.24) is 9.73 Å². The third-order valence-electron chi connectivity index (χ3n) is 4.80. The third-order valence-corrected chi connectivity index (χ3v) is 6.69. The zero-order valence-electron chi connectivity index (χ0n) is 16.8. The quantitative estimate of drug-likeness (QED) is 0.556. The lowest BCUT2D eigenvalue weighted by Gasteiger charge is -2.16. The van der Waals surface area contributed by atoms with Gasteiger partial charge in [-0.15, -0.1) is 0 Å². The van der Waals surface area contributed by atoms with Crippen molar-refractivity contribution in [2.45, 2.75) is 38.0 Å². The van der Waals surface area contributed by atoms with Crippen molar-refractivity contribution in [2.75, 3.05) is 13.1 Å². The zero-order valence-corrected chi connectivity index (χ0v) is 17.7. The number of amides is 1. The summed E-state index contributed by atoms with van der Waals surface area (Å²) in [5.74, 6) is -0.0551. The molecule has 154 valence electrons. The molecule has 1 aliphatic rings. The fraction of sp³-hybridized carbons (Fsp3) is 0.364. The SMILES string of the molecule is CC(C)C/C(=N/NC(=O)c1cccc(S(=O)(=O)N2CCCC2)c1)c1ccccc1. The van der Waals surface area contributed by atoms with Crippen molar-refractivity contribution < 1.29 is 13.2 Å². The van der Waals surface area contributed by atoms with E-state index < -0.39 is 15.9 Å². The molecule has 0 bridgehead atoms. The van der Waals surface area contributed by atoms with Crippen LogP contribution in [0.15, 0.2) is 64.6 Å². The maximum Gasteiger partial charge on any atom is 0.271 e. The van der Waals surface area contributed by atoms with Crippen LogP contribution in [0.25, 0.3) is 0 Å². The van der Waals surface area contributed by atoms with Gasteiger partial charge in [0, 0.05) is 18.7 Å². The molecule has 1 aliphatic heterocycles. The Kier molecular flexibility index (Phi) is 6.82. The number of hydrazone groups is 1. The molecule has 3 rings (SSSR count). The highest BCUT2D eigenvalue weighted by Gasteiger charge is 2.27. The second kappa shape index (κ2) is 9.33. The average molecular weight is 414 g/mol. The predicted octanol–water partition coefficient (Wildman–Crippen LogP) is 3.65. The number of carbonyl (C=O) groups excluding carboxylic acids is 1. The van der Waals surface area contributed by atoms with Gasteiger partial charge in [-0.3, -0.25) is 4.79 Å². The van der Waals surface area contributed by atoms with Gasteiger partial charge >= 0.3 is 0 Å². The topological polar surface area (TPSA) is 78.8 Å². The second-order valence-electron chi connectivity index (χ2n) is 7.60. The first-order valence-corrected chi connectivity index (χ1v) is 11.3. The number of sulfonamides is 1. The van der Waals surface area contributed by atoms with E-state index >= 15 is 0 Å². The molecule has 0 aromatic heterocycles. The van der Waals surface area contributed by atoms with Crippen LogP contribution < -0.4 is 5.43 Å². The molecule has 1 saturated heterocycles. The number of nitrogens with one attached hydrogen (secondary N) is 1. The Morgan fingerprint density at radius 3 is 2.34 bits per heavy atom. The van der Waals surface area contributed by atoms with Gasteiger partial charge in [0.05, 0.1) is 10.6 Å². The Labute approximate surface area is 172 Å². The van der Waals surface area contributed by atoms with Gasteiger partial charge in [0.2, 0.25) is 10.0 Å². The van der Waals surface area contributed by atoms with Gasteiger partial charge in [0.15, 0.2) is 0 Å². The number of carbonyl (C=O) groups is 1. The van der Waals surface area contributed by atoms with Crippen molar-refractivity contribution in [3.8, 4) is 0 Å². The van der Waals surface area contributed by atoms with Crippen LogP contribution in [-0.4, -0.2) is 37.4 Å². The molecule has 0 spiro atoms. The monoisotopic (exact) mass is 413 g/mol. The molecular formula is C22H27N3O3S. The molecule has 1 N–H and O–H groups in total. The molecule has 2 aromatic carbocycles. The first-order chi connectivity index (χ1) is 13.9. The molecule has 0 atom stereocenters. The lowest BCUT2D eigenvalue weighted by molar-refractivity contribution is 0.0954. The molecule has 2 aromatic rings. The number of hydrogen-bond donors (Lipinski definition) is 1. The molecule has 1 amide bonds. The predicted molar refractivity (Wildman–Crippen MR) is 114 cm³/mol. The van der Waals surface area contributed by atoms with Crippen LogP contribution in [0.3, 0.4) is 0 Å². The van der Waals surface area contributed by atoms with Gasteiger partial charge in [-0.25, -0.2) is 13.8 Å². The molecule has 6 nitrogen and oxygen atoms in total. The Bertz CT molecular complexity index is 979. The number of rotatable bonds is 7. The first kappa shape index (κ1) is 21.2. The van der Waals surface area contributed by atoms with Gasteiger partial charge < -0.3 is 0 Å². The van der Waals surface area contributed by atoms with E-state index in [1.165, 1.54) is 16.4 Å². The Morgan fingerprint density at radius 2 is 1.69 bits per heavy atom. The van der Waals surface area contributed by atoms with Crippen molar-refractivity contribution in [3.05, 3.63) is 65.7 Å². The van der Waals surface area contributed by atoms with Gasteiger partial charge in [-0.1, -0.05) is 50.2 Å². The molecule has 0 radical (unpaired) electrons. The van der Waals surface area contributed by atoms with E-state index in [0.717, 1.165) is 24.1 Å². The fourth-order valence-corrected chi connectivity index (χ4v) is 4.87. The molecule has 1 fully saturated rings. The van der Waals surface area contributed by atoms with Crippen LogP contribution in [0.1, 0.15) is 49.0 Å². The van der Waals surface area contributed by atoms with Gasteiger partial charge in [0.1, 0.15) is 0 Å². The number of benzene rings is 2. The van der Waals surface area contributed by atoms with Crippen LogP contribution in [0, 0.1) is 5.92 Å². The third kappa shape index (κ3) is 5.31. The summed E-state index contributed by atoms with van der Waals surface area (Å²) in [7, 11) is -3.57. The van der Waals surface area contributed by atoms with Crippen molar-refractivity contribution in [3.63, 3.8) is 0 Å². The second-order valence-corrected chi connectivity index (χ2v) is 9.54. The zero-order chi connectivity index (χ0) is 20.9. The highest BCUT2D eigenvalue weighted by atomic mass is 32.2. The van der Waals surface area contributed by atoms with Gasteiger partial charge in [0.25, 0.3) is 5.91 Å².